The second-order valence-corrected chi connectivity index (χ2v) is 10.1. The van der Waals surface area contributed by atoms with Gasteiger partial charge in [-0.1, -0.05) is 67.8 Å². The summed E-state index contributed by atoms with van der Waals surface area (Å²) in [7, 11) is 0. The van der Waals surface area contributed by atoms with Crippen LogP contribution in [0.25, 0.3) is 0 Å². The van der Waals surface area contributed by atoms with Crippen LogP contribution in [0.1, 0.15) is 110 Å². The van der Waals surface area contributed by atoms with Crippen molar-refractivity contribution in [3.05, 3.63) is 93.1 Å². The molecule has 0 saturated carbocycles. The number of ketones is 2. The van der Waals surface area contributed by atoms with Crippen molar-refractivity contribution in [3.63, 3.8) is 0 Å². The first-order valence-electron chi connectivity index (χ1n) is 12.4. The van der Waals surface area contributed by atoms with Gasteiger partial charge in [0.15, 0.2) is 11.6 Å². The summed E-state index contributed by atoms with van der Waals surface area (Å²) in [5.74, 6) is 0.629. The van der Waals surface area contributed by atoms with Gasteiger partial charge in [0.05, 0.1) is 0 Å². The summed E-state index contributed by atoms with van der Waals surface area (Å²) < 4.78 is 0. The predicted molar refractivity (Wildman–Crippen MR) is 138 cm³/mol. The van der Waals surface area contributed by atoms with Gasteiger partial charge < -0.3 is 0 Å². The van der Waals surface area contributed by atoms with Gasteiger partial charge in [-0.15, -0.1) is 0 Å². The molecule has 2 heteroatoms. The van der Waals surface area contributed by atoms with Crippen molar-refractivity contribution in [2.75, 3.05) is 0 Å². The minimum Gasteiger partial charge on any atom is -0.289 e. The average Bonchev–Trinajstić information content (AvgIpc) is 2.77. The molecular formula is C31H38O2. The molecular weight excluding hydrogens is 404 g/mol. The van der Waals surface area contributed by atoms with Gasteiger partial charge in [-0.2, -0.15) is 0 Å². The van der Waals surface area contributed by atoms with E-state index in [1.54, 1.807) is 0 Å². The Bertz CT molecular complexity index is 1080. The monoisotopic (exact) mass is 442 g/mol. The molecule has 0 saturated heterocycles. The first-order chi connectivity index (χ1) is 15.8. The zero-order valence-electron chi connectivity index (χ0n) is 21.0. The van der Waals surface area contributed by atoms with Gasteiger partial charge in [0.2, 0.25) is 0 Å². The van der Waals surface area contributed by atoms with Crippen molar-refractivity contribution in [3.8, 4) is 0 Å². The lowest BCUT2D eigenvalue weighted by atomic mass is 9.82. The molecule has 174 valence electrons. The third-order valence-electron chi connectivity index (χ3n) is 6.41. The standard InChI is InChI=1S/C31H38O2/c1-21(2)9-6-11-23(5)12-8-14-25-16-18-27-29(20-25)31(33)26-17-15-24(13-7-10-22(3)4)19-28(26)30(27)32/h9,12,15-20,22H,6-8,10-11,13-14H2,1-5H3/b23-12+. The zero-order valence-corrected chi connectivity index (χ0v) is 21.0. The molecule has 0 bridgehead atoms. The molecule has 2 nitrogen and oxygen atoms in total. The third kappa shape index (κ3) is 6.63. The van der Waals surface area contributed by atoms with Crippen LogP contribution in [0.15, 0.2) is 59.7 Å². The molecule has 0 radical (unpaired) electrons. The summed E-state index contributed by atoms with van der Waals surface area (Å²) in [6, 6.07) is 11.6. The SMILES string of the molecule is CC(C)=CCC/C(C)=C/CCc1ccc2c(c1)C(=O)c1ccc(CCCC(C)C)cc1C2=O. The van der Waals surface area contributed by atoms with Gasteiger partial charge >= 0.3 is 0 Å². The number of carbonyl (C=O) groups is 2. The number of benzene rings is 2. The Morgan fingerprint density at radius 1 is 0.758 bits per heavy atom. The van der Waals surface area contributed by atoms with Crippen LogP contribution in [-0.4, -0.2) is 11.6 Å². The smallest absolute Gasteiger partial charge is 0.194 e. The average molecular weight is 443 g/mol. The van der Waals surface area contributed by atoms with Gasteiger partial charge in [-0.25, -0.2) is 0 Å². The number of hydrogen-bond donors (Lipinski definition) is 0. The molecule has 2 aromatic carbocycles. The maximum absolute atomic E-state index is 13.2. The van der Waals surface area contributed by atoms with Crippen LogP contribution in [-0.2, 0) is 12.8 Å². The highest BCUT2D eigenvalue weighted by Gasteiger charge is 2.29. The van der Waals surface area contributed by atoms with Gasteiger partial charge in [0, 0.05) is 22.3 Å². The van der Waals surface area contributed by atoms with Crippen LogP contribution in [0.5, 0.6) is 0 Å². The normalized spacial score (nSPS) is 13.2. The fourth-order valence-corrected chi connectivity index (χ4v) is 4.45. The molecule has 0 fully saturated rings. The van der Waals surface area contributed by atoms with Crippen LogP contribution < -0.4 is 0 Å². The van der Waals surface area contributed by atoms with E-state index in [0.29, 0.717) is 28.2 Å². The molecule has 0 atom stereocenters. The van der Waals surface area contributed by atoms with Crippen LogP contribution in [0.2, 0.25) is 0 Å². The van der Waals surface area contributed by atoms with Crippen molar-refractivity contribution in [1.29, 1.82) is 0 Å². The molecule has 33 heavy (non-hydrogen) atoms. The third-order valence-corrected chi connectivity index (χ3v) is 6.41. The van der Waals surface area contributed by atoms with Crippen molar-refractivity contribution in [2.24, 2.45) is 5.92 Å². The van der Waals surface area contributed by atoms with E-state index in [0.717, 1.165) is 49.7 Å². The highest BCUT2D eigenvalue weighted by Crippen LogP contribution is 2.29. The fourth-order valence-electron chi connectivity index (χ4n) is 4.45. The van der Waals surface area contributed by atoms with Crippen LogP contribution in [0.3, 0.4) is 0 Å². The molecule has 0 aromatic heterocycles. The highest BCUT2D eigenvalue weighted by molar-refractivity contribution is 6.28. The minimum absolute atomic E-state index is 0.0214. The Kier molecular flexibility index (Phi) is 8.61. The Morgan fingerprint density at radius 3 is 1.88 bits per heavy atom. The van der Waals surface area contributed by atoms with E-state index in [-0.39, 0.29) is 11.6 Å². The highest BCUT2D eigenvalue weighted by atomic mass is 16.1. The second-order valence-electron chi connectivity index (χ2n) is 10.1. The van der Waals surface area contributed by atoms with Gasteiger partial charge in [-0.05, 0) is 88.5 Å². The predicted octanol–water partition coefficient (Wildman–Crippen LogP) is 8.07. The number of allylic oxidation sites excluding steroid dienone is 4. The Labute approximate surface area is 199 Å². The summed E-state index contributed by atoms with van der Waals surface area (Å²) in [5.41, 5.74) is 7.23. The summed E-state index contributed by atoms with van der Waals surface area (Å²) in [4.78, 5) is 26.4. The lowest BCUT2D eigenvalue weighted by Gasteiger charge is -2.19. The molecule has 2 aromatic rings. The van der Waals surface area contributed by atoms with Gasteiger partial charge in [0.1, 0.15) is 0 Å². The maximum atomic E-state index is 13.2. The second kappa shape index (κ2) is 11.4. The van der Waals surface area contributed by atoms with Gasteiger partial charge in [-0.3, -0.25) is 9.59 Å². The van der Waals surface area contributed by atoms with Crippen LogP contribution in [0.4, 0.5) is 0 Å². The van der Waals surface area contributed by atoms with E-state index in [4.69, 9.17) is 0 Å². The number of rotatable bonds is 10. The Hall–Kier alpha value is -2.74. The van der Waals surface area contributed by atoms with E-state index in [1.165, 1.54) is 17.6 Å². The topological polar surface area (TPSA) is 34.1 Å². The van der Waals surface area contributed by atoms with E-state index in [1.807, 2.05) is 36.4 Å². The molecule has 1 aliphatic carbocycles. The van der Waals surface area contributed by atoms with Crippen molar-refractivity contribution >= 4 is 11.6 Å². The summed E-state index contributed by atoms with van der Waals surface area (Å²) in [5, 5.41) is 0. The Morgan fingerprint density at radius 2 is 1.33 bits per heavy atom. The quantitative estimate of drug-likeness (QED) is 0.297. The van der Waals surface area contributed by atoms with E-state index in [9.17, 15) is 9.59 Å². The first kappa shape index (κ1) is 24.9. The molecule has 0 aliphatic heterocycles. The summed E-state index contributed by atoms with van der Waals surface area (Å²) in [6.45, 7) is 10.9. The van der Waals surface area contributed by atoms with Crippen molar-refractivity contribution in [1.82, 2.24) is 0 Å². The first-order valence-corrected chi connectivity index (χ1v) is 12.4. The molecule has 0 unspecified atom stereocenters. The lowest BCUT2D eigenvalue weighted by molar-refractivity contribution is 0.0979. The minimum atomic E-state index is -0.0244. The molecule has 3 rings (SSSR count). The summed E-state index contributed by atoms with van der Waals surface area (Å²) >= 11 is 0. The van der Waals surface area contributed by atoms with Crippen molar-refractivity contribution < 1.29 is 9.59 Å². The van der Waals surface area contributed by atoms with E-state index < -0.39 is 0 Å². The molecule has 1 aliphatic rings. The Balaban J connectivity index is 1.70. The number of fused-ring (bicyclic) bond motifs is 2. The fraction of sp³-hybridized carbons (Fsp3) is 0.419. The molecule has 0 N–H and O–H groups in total. The number of carbonyl (C=O) groups excluding carboxylic acids is 2. The van der Waals surface area contributed by atoms with Gasteiger partial charge in [0.25, 0.3) is 0 Å². The molecule has 0 spiro atoms. The van der Waals surface area contributed by atoms with Crippen LogP contribution in [0, 0.1) is 5.92 Å². The lowest BCUT2D eigenvalue weighted by Crippen LogP contribution is -2.21. The van der Waals surface area contributed by atoms with Crippen molar-refractivity contribution in [2.45, 2.75) is 79.6 Å². The summed E-state index contributed by atoms with van der Waals surface area (Å²) in [6.07, 6.45) is 11.8. The number of aryl methyl sites for hydroxylation is 2. The molecule has 0 amide bonds. The van der Waals surface area contributed by atoms with E-state index in [2.05, 4.69) is 46.8 Å². The maximum Gasteiger partial charge on any atom is 0.194 e. The number of hydrogen-bond acceptors (Lipinski definition) is 2. The molecule has 0 heterocycles. The van der Waals surface area contributed by atoms with Crippen LogP contribution >= 0.6 is 0 Å². The van der Waals surface area contributed by atoms with E-state index >= 15 is 0 Å². The zero-order chi connectivity index (χ0) is 24.0. The largest absolute Gasteiger partial charge is 0.289 e.